The van der Waals surface area contributed by atoms with E-state index in [1.807, 2.05) is 12.1 Å². The molecule has 4 rings (SSSR count). The summed E-state index contributed by atoms with van der Waals surface area (Å²) in [5.41, 5.74) is 1.16. The Morgan fingerprint density at radius 1 is 0.800 bits per heavy atom. The molecule has 5 nitrogen and oxygen atoms in total. The highest BCUT2D eigenvalue weighted by Gasteiger charge is 2.20. The number of hydrogen-bond acceptors (Lipinski definition) is 5. The summed E-state index contributed by atoms with van der Waals surface area (Å²) < 4.78 is 13.0. The van der Waals surface area contributed by atoms with Gasteiger partial charge in [0.1, 0.15) is 23.8 Å². The molecule has 2 saturated heterocycles. The highest BCUT2D eigenvalue weighted by molar-refractivity contribution is 5.50. The fraction of sp³-hybridized carbons (Fsp3) is 0.474. The van der Waals surface area contributed by atoms with Crippen molar-refractivity contribution in [3.63, 3.8) is 0 Å². The first-order chi connectivity index (χ1) is 12.3. The Bertz CT molecular complexity index is 691. The number of anilines is 2. The lowest BCUT2D eigenvalue weighted by Gasteiger charge is -2.35. The summed E-state index contributed by atoms with van der Waals surface area (Å²) in [6, 6.07) is 8.93. The molecule has 2 aromatic rings. The zero-order chi connectivity index (χ0) is 17.1. The third-order valence-electron chi connectivity index (χ3n) is 5.08. The van der Waals surface area contributed by atoms with Gasteiger partial charge < -0.3 is 9.80 Å². The zero-order valence-electron chi connectivity index (χ0n) is 14.4. The van der Waals surface area contributed by atoms with Crippen LogP contribution in [0.25, 0.3) is 0 Å². The average molecular weight is 341 g/mol. The fourth-order valence-electron chi connectivity index (χ4n) is 3.61. The molecule has 0 saturated carbocycles. The minimum Gasteiger partial charge on any atom is -0.356 e. The van der Waals surface area contributed by atoms with Gasteiger partial charge in [-0.1, -0.05) is 12.1 Å². The van der Waals surface area contributed by atoms with Crippen LogP contribution in [0.2, 0.25) is 0 Å². The molecule has 0 aliphatic carbocycles. The summed E-state index contributed by atoms with van der Waals surface area (Å²) >= 11 is 0. The summed E-state index contributed by atoms with van der Waals surface area (Å²) in [4.78, 5) is 16.0. The number of benzene rings is 1. The highest BCUT2D eigenvalue weighted by atomic mass is 19.1. The molecule has 0 amide bonds. The van der Waals surface area contributed by atoms with Gasteiger partial charge in [0.05, 0.1) is 0 Å². The number of aromatic nitrogens is 2. The molecular weight excluding hydrogens is 317 g/mol. The highest BCUT2D eigenvalue weighted by Crippen LogP contribution is 2.22. The maximum atomic E-state index is 13.0. The lowest BCUT2D eigenvalue weighted by molar-refractivity contribution is 0.249. The fourth-order valence-corrected chi connectivity index (χ4v) is 3.61. The molecule has 132 valence electrons. The van der Waals surface area contributed by atoms with Gasteiger partial charge in [-0.3, -0.25) is 4.90 Å². The van der Waals surface area contributed by atoms with Crippen molar-refractivity contribution in [2.45, 2.75) is 19.4 Å². The van der Waals surface area contributed by atoms with E-state index in [-0.39, 0.29) is 5.82 Å². The van der Waals surface area contributed by atoms with Crippen molar-refractivity contribution in [1.82, 2.24) is 14.9 Å². The van der Waals surface area contributed by atoms with Crippen LogP contribution in [-0.4, -0.2) is 54.1 Å². The van der Waals surface area contributed by atoms with Gasteiger partial charge >= 0.3 is 0 Å². The van der Waals surface area contributed by atoms with Crippen LogP contribution in [0, 0.1) is 5.82 Å². The van der Waals surface area contributed by atoms with E-state index in [2.05, 4.69) is 30.7 Å². The number of hydrogen-bond donors (Lipinski definition) is 0. The van der Waals surface area contributed by atoms with Gasteiger partial charge in [0.15, 0.2) is 0 Å². The van der Waals surface area contributed by atoms with Gasteiger partial charge in [0.25, 0.3) is 0 Å². The summed E-state index contributed by atoms with van der Waals surface area (Å²) in [5, 5.41) is 0. The minimum absolute atomic E-state index is 0.175. The second-order valence-corrected chi connectivity index (χ2v) is 6.82. The number of rotatable bonds is 4. The first-order valence-electron chi connectivity index (χ1n) is 9.07. The Morgan fingerprint density at radius 2 is 1.40 bits per heavy atom. The number of piperazine rings is 1. The lowest BCUT2D eigenvalue weighted by Crippen LogP contribution is -2.46. The van der Waals surface area contributed by atoms with Crippen LogP contribution in [0.1, 0.15) is 18.4 Å². The molecule has 1 aromatic heterocycles. The van der Waals surface area contributed by atoms with Gasteiger partial charge in [-0.2, -0.15) is 0 Å². The number of halogens is 1. The molecule has 25 heavy (non-hydrogen) atoms. The van der Waals surface area contributed by atoms with E-state index in [0.29, 0.717) is 0 Å². The van der Waals surface area contributed by atoms with Crippen LogP contribution in [-0.2, 0) is 6.54 Å². The van der Waals surface area contributed by atoms with Gasteiger partial charge in [0.2, 0.25) is 0 Å². The van der Waals surface area contributed by atoms with E-state index in [1.54, 1.807) is 6.33 Å². The second kappa shape index (κ2) is 7.35. The first-order valence-corrected chi connectivity index (χ1v) is 9.07. The molecular formula is C19H24FN5. The van der Waals surface area contributed by atoms with Crippen molar-refractivity contribution in [1.29, 1.82) is 0 Å². The van der Waals surface area contributed by atoms with Crippen LogP contribution >= 0.6 is 0 Å². The molecule has 1 aromatic carbocycles. The third-order valence-corrected chi connectivity index (χ3v) is 5.08. The smallest absolute Gasteiger partial charge is 0.134 e. The third kappa shape index (κ3) is 3.90. The van der Waals surface area contributed by atoms with Gasteiger partial charge in [-0.05, 0) is 30.5 Å². The zero-order valence-corrected chi connectivity index (χ0v) is 14.4. The van der Waals surface area contributed by atoms with E-state index in [9.17, 15) is 4.39 Å². The van der Waals surface area contributed by atoms with Crippen molar-refractivity contribution >= 4 is 11.6 Å². The maximum Gasteiger partial charge on any atom is 0.134 e. The molecule has 0 spiro atoms. The molecule has 2 aliphatic rings. The van der Waals surface area contributed by atoms with Crippen molar-refractivity contribution in [2.24, 2.45) is 0 Å². The van der Waals surface area contributed by atoms with Crippen LogP contribution in [0.5, 0.6) is 0 Å². The predicted molar refractivity (Wildman–Crippen MR) is 97.4 cm³/mol. The summed E-state index contributed by atoms with van der Waals surface area (Å²) in [6.07, 6.45) is 4.19. The van der Waals surface area contributed by atoms with Crippen LogP contribution in [0.3, 0.4) is 0 Å². The van der Waals surface area contributed by atoms with E-state index in [1.165, 1.54) is 25.0 Å². The summed E-state index contributed by atoms with van der Waals surface area (Å²) in [7, 11) is 0. The quantitative estimate of drug-likeness (QED) is 0.854. The molecule has 3 heterocycles. The van der Waals surface area contributed by atoms with E-state index >= 15 is 0 Å². The average Bonchev–Trinajstić information content (AvgIpc) is 3.19. The lowest BCUT2D eigenvalue weighted by atomic mass is 10.2. The molecule has 0 N–H and O–H groups in total. The van der Waals surface area contributed by atoms with E-state index in [0.717, 1.165) is 63.0 Å². The van der Waals surface area contributed by atoms with Gasteiger partial charge in [-0.25, -0.2) is 14.4 Å². The maximum absolute atomic E-state index is 13.0. The van der Waals surface area contributed by atoms with Crippen molar-refractivity contribution in [3.8, 4) is 0 Å². The summed E-state index contributed by atoms with van der Waals surface area (Å²) in [5.74, 6) is 1.90. The minimum atomic E-state index is -0.175. The standard InChI is InChI=1S/C19H24FN5/c20-17-5-3-16(4-6-17)14-23-9-11-25(12-10-23)19-13-18(21-15-22-19)24-7-1-2-8-24/h3-6,13,15H,1-2,7-12,14H2. The largest absolute Gasteiger partial charge is 0.356 e. The van der Waals surface area contributed by atoms with Crippen molar-refractivity contribution in [2.75, 3.05) is 49.1 Å². The topological polar surface area (TPSA) is 35.5 Å². The van der Waals surface area contributed by atoms with Crippen LogP contribution in [0.4, 0.5) is 16.0 Å². The second-order valence-electron chi connectivity index (χ2n) is 6.82. The van der Waals surface area contributed by atoms with E-state index in [4.69, 9.17) is 0 Å². The van der Waals surface area contributed by atoms with Crippen molar-refractivity contribution in [3.05, 3.63) is 48.0 Å². The Balaban J connectivity index is 1.35. The first kappa shape index (κ1) is 16.3. The molecule has 0 atom stereocenters. The Hall–Kier alpha value is -2.21. The van der Waals surface area contributed by atoms with Gasteiger partial charge in [0, 0.05) is 51.9 Å². The Morgan fingerprint density at radius 3 is 2.04 bits per heavy atom. The molecule has 2 aliphatic heterocycles. The SMILES string of the molecule is Fc1ccc(CN2CCN(c3cc(N4CCCC4)ncn3)CC2)cc1. The van der Waals surface area contributed by atoms with Crippen molar-refractivity contribution < 1.29 is 4.39 Å². The molecule has 2 fully saturated rings. The molecule has 0 radical (unpaired) electrons. The van der Waals surface area contributed by atoms with Crippen LogP contribution < -0.4 is 9.80 Å². The predicted octanol–water partition coefficient (Wildman–Crippen LogP) is 2.54. The molecule has 0 unspecified atom stereocenters. The van der Waals surface area contributed by atoms with Crippen LogP contribution in [0.15, 0.2) is 36.7 Å². The summed E-state index contributed by atoms with van der Waals surface area (Å²) in [6.45, 7) is 6.96. The molecule has 0 bridgehead atoms. The Kier molecular flexibility index (Phi) is 4.78. The monoisotopic (exact) mass is 341 g/mol. The normalized spacial score (nSPS) is 18.8. The number of nitrogens with zero attached hydrogens (tertiary/aromatic N) is 5. The van der Waals surface area contributed by atoms with Gasteiger partial charge in [-0.15, -0.1) is 0 Å². The molecule has 6 heteroatoms. The van der Waals surface area contributed by atoms with E-state index < -0.39 is 0 Å². The Labute approximate surface area is 148 Å².